The van der Waals surface area contributed by atoms with Gasteiger partial charge < -0.3 is 14.8 Å². The maximum atomic E-state index is 13.4. The first-order valence-electron chi connectivity index (χ1n) is 10.6. The summed E-state index contributed by atoms with van der Waals surface area (Å²) in [4.78, 5) is 12.9. The summed E-state index contributed by atoms with van der Waals surface area (Å²) in [6.07, 6.45) is -0.370. The largest absolute Gasteiger partial charge is 0.486 e. The minimum Gasteiger partial charge on any atom is -0.486 e. The number of carbonyl (C=O) groups excluding carboxylic acids is 1. The molecule has 3 aromatic rings. The average molecular weight is 467 g/mol. The van der Waals surface area contributed by atoms with E-state index in [2.05, 4.69) is 5.32 Å². The van der Waals surface area contributed by atoms with Gasteiger partial charge in [0.25, 0.3) is 10.0 Å². The molecule has 0 aliphatic carbocycles. The molecule has 1 aliphatic rings. The Hall–Kier alpha value is -3.52. The normalized spacial score (nSPS) is 15.0. The lowest BCUT2D eigenvalue weighted by Gasteiger charge is -2.27. The zero-order valence-electron chi connectivity index (χ0n) is 18.5. The highest BCUT2D eigenvalue weighted by Crippen LogP contribution is 2.30. The number of carbonyl (C=O) groups is 1. The van der Waals surface area contributed by atoms with Crippen molar-refractivity contribution in [3.63, 3.8) is 0 Å². The standard InChI is InChI=1S/C25H26N2O5S/c1-18-7-11-20(12-8-18)27(33(29,30)22-13-9-19(2)10-14-22)16-25(28)26-15-21-17-31-23-5-3-4-6-24(23)32-21/h3-14,21H,15-17H2,1-2H3,(H,26,28)/t21-/m0/s1. The number of hydrogen-bond donors (Lipinski definition) is 1. The monoisotopic (exact) mass is 466 g/mol. The van der Waals surface area contributed by atoms with E-state index in [1.54, 1.807) is 42.5 Å². The molecule has 1 aliphatic heterocycles. The summed E-state index contributed by atoms with van der Waals surface area (Å²) in [5.74, 6) is 0.842. The van der Waals surface area contributed by atoms with Crippen LogP contribution in [0.4, 0.5) is 5.69 Å². The SMILES string of the molecule is Cc1ccc(N(CC(=O)NC[C@H]2COc3ccccc3O2)S(=O)(=O)c2ccc(C)cc2)cc1. The zero-order valence-corrected chi connectivity index (χ0v) is 19.3. The molecule has 0 spiro atoms. The van der Waals surface area contributed by atoms with Crippen LogP contribution in [-0.2, 0) is 14.8 Å². The summed E-state index contributed by atoms with van der Waals surface area (Å²) in [7, 11) is -3.95. The Morgan fingerprint density at radius 3 is 2.21 bits per heavy atom. The molecule has 1 amide bonds. The van der Waals surface area contributed by atoms with Gasteiger partial charge in [0.05, 0.1) is 17.1 Å². The molecule has 0 radical (unpaired) electrons. The molecule has 7 nitrogen and oxygen atoms in total. The van der Waals surface area contributed by atoms with E-state index in [-0.39, 0.29) is 24.1 Å². The van der Waals surface area contributed by atoms with Crippen molar-refractivity contribution < 1.29 is 22.7 Å². The maximum Gasteiger partial charge on any atom is 0.264 e. The second-order valence-corrected chi connectivity index (χ2v) is 9.82. The molecule has 1 heterocycles. The molecule has 172 valence electrons. The number of ether oxygens (including phenoxy) is 2. The van der Waals surface area contributed by atoms with E-state index >= 15 is 0 Å². The maximum absolute atomic E-state index is 13.4. The third-order valence-corrected chi connectivity index (χ3v) is 7.10. The van der Waals surface area contributed by atoms with E-state index in [4.69, 9.17) is 9.47 Å². The summed E-state index contributed by atoms with van der Waals surface area (Å²) >= 11 is 0. The number of amides is 1. The van der Waals surface area contributed by atoms with Crippen LogP contribution in [0.2, 0.25) is 0 Å². The summed E-state index contributed by atoms with van der Waals surface area (Å²) in [5.41, 5.74) is 2.36. The molecule has 4 rings (SSSR count). The number of nitrogens with zero attached hydrogens (tertiary/aromatic N) is 1. The van der Waals surface area contributed by atoms with Crippen LogP contribution in [0.1, 0.15) is 11.1 Å². The van der Waals surface area contributed by atoms with Crippen molar-refractivity contribution in [1.29, 1.82) is 0 Å². The molecule has 1 atom stereocenters. The average Bonchev–Trinajstić information content (AvgIpc) is 2.82. The van der Waals surface area contributed by atoms with Gasteiger partial charge in [-0.2, -0.15) is 0 Å². The summed E-state index contributed by atoms with van der Waals surface area (Å²) in [6.45, 7) is 3.93. The van der Waals surface area contributed by atoms with Crippen LogP contribution in [0.25, 0.3) is 0 Å². The number of fused-ring (bicyclic) bond motifs is 1. The van der Waals surface area contributed by atoms with E-state index in [1.165, 1.54) is 0 Å². The number of sulfonamides is 1. The van der Waals surface area contributed by atoms with Crippen LogP contribution in [0, 0.1) is 13.8 Å². The lowest BCUT2D eigenvalue weighted by atomic mass is 10.2. The Morgan fingerprint density at radius 2 is 1.55 bits per heavy atom. The molecule has 1 N–H and O–H groups in total. The second-order valence-electron chi connectivity index (χ2n) is 7.96. The first kappa shape index (κ1) is 22.7. The Bertz CT molecular complexity index is 1220. The molecule has 0 unspecified atom stereocenters. The van der Waals surface area contributed by atoms with Crippen molar-refractivity contribution in [3.05, 3.63) is 83.9 Å². The first-order valence-corrected chi connectivity index (χ1v) is 12.1. The van der Waals surface area contributed by atoms with Crippen molar-refractivity contribution in [2.45, 2.75) is 24.8 Å². The van der Waals surface area contributed by atoms with E-state index in [0.717, 1.165) is 15.4 Å². The topological polar surface area (TPSA) is 84.9 Å². The van der Waals surface area contributed by atoms with Crippen LogP contribution in [0.3, 0.4) is 0 Å². The number of hydrogen-bond acceptors (Lipinski definition) is 5. The fourth-order valence-electron chi connectivity index (χ4n) is 3.44. The van der Waals surface area contributed by atoms with Crippen molar-refractivity contribution >= 4 is 21.6 Å². The van der Waals surface area contributed by atoms with Gasteiger partial charge in [-0.3, -0.25) is 9.10 Å². The van der Waals surface area contributed by atoms with E-state index in [9.17, 15) is 13.2 Å². The van der Waals surface area contributed by atoms with Gasteiger partial charge in [-0.1, -0.05) is 47.5 Å². The predicted molar refractivity (Wildman–Crippen MR) is 126 cm³/mol. The smallest absolute Gasteiger partial charge is 0.264 e. The summed E-state index contributed by atoms with van der Waals surface area (Å²) in [5, 5.41) is 2.78. The Morgan fingerprint density at radius 1 is 0.939 bits per heavy atom. The van der Waals surface area contributed by atoms with Crippen molar-refractivity contribution in [3.8, 4) is 11.5 Å². The van der Waals surface area contributed by atoms with Gasteiger partial charge in [-0.05, 0) is 50.2 Å². The van der Waals surface area contributed by atoms with Gasteiger partial charge >= 0.3 is 0 Å². The highest BCUT2D eigenvalue weighted by atomic mass is 32.2. The van der Waals surface area contributed by atoms with Gasteiger partial charge in [0, 0.05) is 0 Å². The van der Waals surface area contributed by atoms with E-state index in [0.29, 0.717) is 23.8 Å². The molecule has 0 aromatic heterocycles. The molecule has 0 saturated heterocycles. The third kappa shape index (κ3) is 5.28. The fourth-order valence-corrected chi connectivity index (χ4v) is 4.86. The lowest BCUT2D eigenvalue weighted by molar-refractivity contribution is -0.120. The quantitative estimate of drug-likeness (QED) is 0.577. The van der Waals surface area contributed by atoms with Crippen molar-refractivity contribution in [1.82, 2.24) is 5.32 Å². The number of rotatable bonds is 7. The number of para-hydroxylation sites is 2. The minimum atomic E-state index is -3.95. The van der Waals surface area contributed by atoms with Crippen LogP contribution in [-0.4, -0.2) is 40.1 Å². The zero-order chi connectivity index (χ0) is 23.4. The summed E-state index contributed by atoms with van der Waals surface area (Å²) in [6, 6.07) is 20.9. The number of nitrogens with one attached hydrogen (secondary N) is 1. The van der Waals surface area contributed by atoms with Crippen LogP contribution in [0.5, 0.6) is 11.5 Å². The summed E-state index contributed by atoms with van der Waals surface area (Å²) < 4.78 is 39.5. The predicted octanol–water partition coefficient (Wildman–Crippen LogP) is 3.45. The molecular formula is C25H26N2O5S. The van der Waals surface area contributed by atoms with E-state index in [1.807, 2.05) is 44.2 Å². The van der Waals surface area contributed by atoms with Gasteiger partial charge in [0.1, 0.15) is 19.3 Å². The number of benzene rings is 3. The fraction of sp³-hybridized carbons (Fsp3) is 0.240. The van der Waals surface area contributed by atoms with Gasteiger partial charge in [-0.15, -0.1) is 0 Å². The highest BCUT2D eigenvalue weighted by molar-refractivity contribution is 7.92. The molecule has 8 heteroatoms. The molecule has 0 saturated carbocycles. The first-order chi connectivity index (χ1) is 15.8. The van der Waals surface area contributed by atoms with Gasteiger partial charge in [-0.25, -0.2) is 8.42 Å². The number of aryl methyl sites for hydroxylation is 2. The van der Waals surface area contributed by atoms with Gasteiger partial charge in [0.2, 0.25) is 5.91 Å². The lowest BCUT2D eigenvalue weighted by Crippen LogP contribution is -2.45. The Kier molecular flexibility index (Phi) is 6.55. The third-order valence-electron chi connectivity index (χ3n) is 5.31. The molecule has 3 aromatic carbocycles. The van der Waals surface area contributed by atoms with Gasteiger partial charge in [0.15, 0.2) is 11.5 Å². The van der Waals surface area contributed by atoms with Crippen LogP contribution >= 0.6 is 0 Å². The second kappa shape index (κ2) is 9.54. The van der Waals surface area contributed by atoms with Crippen LogP contribution < -0.4 is 19.1 Å². The van der Waals surface area contributed by atoms with Crippen molar-refractivity contribution in [2.24, 2.45) is 0 Å². The molecule has 0 fully saturated rings. The Balaban J connectivity index is 1.49. The molecule has 0 bridgehead atoms. The minimum absolute atomic E-state index is 0.127. The Labute approximate surface area is 194 Å². The number of anilines is 1. The van der Waals surface area contributed by atoms with Crippen molar-refractivity contribution in [2.75, 3.05) is 24.0 Å². The molecule has 33 heavy (non-hydrogen) atoms. The van der Waals surface area contributed by atoms with Crippen LogP contribution in [0.15, 0.2) is 77.7 Å². The van der Waals surface area contributed by atoms with E-state index < -0.39 is 15.9 Å². The molecular weight excluding hydrogens is 440 g/mol. The highest BCUT2D eigenvalue weighted by Gasteiger charge is 2.28.